The number of rotatable bonds is 6. The molecule has 0 radical (unpaired) electrons. The number of hydrogen-bond donors (Lipinski definition) is 3. The number of hydrogen-bond acceptors (Lipinski definition) is 3. The van der Waals surface area contributed by atoms with Gasteiger partial charge in [0.25, 0.3) is 5.91 Å². The molecule has 5 nitrogen and oxygen atoms in total. The summed E-state index contributed by atoms with van der Waals surface area (Å²) in [6.45, 7) is 7.90. The number of benzene rings is 1. The number of carbonyl (C=O) groups is 2. The second-order valence-electron chi connectivity index (χ2n) is 6.94. The predicted molar refractivity (Wildman–Crippen MR) is 104 cm³/mol. The van der Waals surface area contributed by atoms with Crippen molar-refractivity contribution in [1.82, 2.24) is 10.6 Å². The van der Waals surface area contributed by atoms with Gasteiger partial charge in [0.1, 0.15) is 0 Å². The van der Waals surface area contributed by atoms with E-state index in [1.165, 1.54) is 0 Å². The van der Waals surface area contributed by atoms with Crippen LogP contribution < -0.4 is 16.0 Å². The zero-order chi connectivity index (χ0) is 17.5. The Bertz CT molecular complexity index is 584. The molecule has 0 unspecified atom stereocenters. The Labute approximate surface area is 156 Å². The maximum atomic E-state index is 12.2. The van der Waals surface area contributed by atoms with Crippen LogP contribution in [-0.2, 0) is 4.79 Å². The van der Waals surface area contributed by atoms with Gasteiger partial charge in [0, 0.05) is 23.7 Å². The van der Waals surface area contributed by atoms with Gasteiger partial charge in [-0.25, -0.2) is 0 Å². The molecule has 1 heterocycles. The molecule has 0 atom stereocenters. The third-order valence-corrected chi connectivity index (χ3v) is 4.42. The molecule has 25 heavy (non-hydrogen) atoms. The summed E-state index contributed by atoms with van der Waals surface area (Å²) in [4.78, 5) is 24.2. The number of anilines is 1. The number of nitrogens with one attached hydrogen (secondary N) is 3. The van der Waals surface area contributed by atoms with E-state index in [0.29, 0.717) is 17.9 Å². The molecule has 2 rings (SSSR count). The van der Waals surface area contributed by atoms with Gasteiger partial charge in [0.15, 0.2) is 0 Å². The van der Waals surface area contributed by atoms with Crippen molar-refractivity contribution < 1.29 is 9.59 Å². The highest BCUT2D eigenvalue weighted by Gasteiger charge is 2.15. The van der Waals surface area contributed by atoms with Crippen LogP contribution in [0.15, 0.2) is 18.2 Å². The first-order valence-corrected chi connectivity index (χ1v) is 8.88. The standard InChI is InChI=1S/C19H29N3O2.ClH/c1-13(2)21-19(24)16-5-6-17(14(3)12-16)22-18(23)7-4-15-8-10-20-11-9-15;/h5-6,12-13,15,20H,4,7-11H2,1-3H3,(H,21,24)(H,22,23);1H. The van der Waals surface area contributed by atoms with E-state index in [1.807, 2.05) is 32.9 Å². The highest BCUT2D eigenvalue weighted by molar-refractivity contribution is 5.96. The predicted octanol–water partition coefficient (Wildman–Crippen LogP) is 3.27. The van der Waals surface area contributed by atoms with E-state index in [2.05, 4.69) is 16.0 Å². The van der Waals surface area contributed by atoms with Crippen LogP contribution in [0.4, 0.5) is 5.69 Å². The van der Waals surface area contributed by atoms with Crippen LogP contribution in [0.25, 0.3) is 0 Å². The van der Waals surface area contributed by atoms with Crippen molar-refractivity contribution in [2.24, 2.45) is 5.92 Å². The van der Waals surface area contributed by atoms with Crippen LogP contribution in [0.5, 0.6) is 0 Å². The second-order valence-corrected chi connectivity index (χ2v) is 6.94. The minimum Gasteiger partial charge on any atom is -0.350 e. The lowest BCUT2D eigenvalue weighted by molar-refractivity contribution is -0.116. The number of piperidine rings is 1. The minimum absolute atomic E-state index is 0. The fourth-order valence-corrected chi connectivity index (χ4v) is 3.01. The lowest BCUT2D eigenvalue weighted by atomic mass is 9.93. The Morgan fingerprint density at radius 2 is 1.92 bits per heavy atom. The van der Waals surface area contributed by atoms with E-state index in [0.717, 1.165) is 43.6 Å². The minimum atomic E-state index is -0.0862. The molecular formula is C19H30ClN3O2. The molecule has 0 bridgehead atoms. The number of halogens is 1. The molecule has 1 aliphatic heterocycles. The summed E-state index contributed by atoms with van der Waals surface area (Å²) in [7, 11) is 0. The second kappa shape index (κ2) is 10.4. The Balaban J connectivity index is 0.00000312. The van der Waals surface area contributed by atoms with Crippen molar-refractivity contribution in [3.05, 3.63) is 29.3 Å². The smallest absolute Gasteiger partial charge is 0.251 e. The van der Waals surface area contributed by atoms with Crippen molar-refractivity contribution >= 4 is 29.9 Å². The van der Waals surface area contributed by atoms with Crippen molar-refractivity contribution in [3.8, 4) is 0 Å². The summed E-state index contributed by atoms with van der Waals surface area (Å²) in [5.74, 6) is 0.619. The Morgan fingerprint density at radius 3 is 2.52 bits per heavy atom. The normalized spacial score (nSPS) is 14.7. The molecule has 140 valence electrons. The van der Waals surface area contributed by atoms with Gasteiger partial charge >= 0.3 is 0 Å². The van der Waals surface area contributed by atoms with E-state index in [4.69, 9.17) is 0 Å². The van der Waals surface area contributed by atoms with Crippen LogP contribution in [-0.4, -0.2) is 30.9 Å². The largest absolute Gasteiger partial charge is 0.350 e. The summed E-state index contributed by atoms with van der Waals surface area (Å²) < 4.78 is 0. The van der Waals surface area contributed by atoms with Gasteiger partial charge in [-0.3, -0.25) is 9.59 Å². The zero-order valence-corrected chi connectivity index (χ0v) is 16.2. The SMILES string of the molecule is Cc1cc(C(=O)NC(C)C)ccc1NC(=O)CCC1CCNCC1.Cl. The summed E-state index contributed by atoms with van der Waals surface area (Å²) >= 11 is 0. The van der Waals surface area contributed by atoms with E-state index in [-0.39, 0.29) is 30.3 Å². The van der Waals surface area contributed by atoms with Crippen LogP contribution in [0.3, 0.4) is 0 Å². The molecule has 1 fully saturated rings. The monoisotopic (exact) mass is 367 g/mol. The van der Waals surface area contributed by atoms with Gasteiger partial charge in [-0.2, -0.15) is 0 Å². The fraction of sp³-hybridized carbons (Fsp3) is 0.579. The fourth-order valence-electron chi connectivity index (χ4n) is 3.01. The summed E-state index contributed by atoms with van der Waals surface area (Å²) in [6, 6.07) is 5.49. The summed E-state index contributed by atoms with van der Waals surface area (Å²) in [5, 5.41) is 9.18. The first-order chi connectivity index (χ1) is 11.5. The van der Waals surface area contributed by atoms with E-state index in [9.17, 15) is 9.59 Å². The van der Waals surface area contributed by atoms with Crippen LogP contribution in [0.2, 0.25) is 0 Å². The van der Waals surface area contributed by atoms with E-state index >= 15 is 0 Å². The number of amides is 2. The van der Waals surface area contributed by atoms with Crippen molar-refractivity contribution in [3.63, 3.8) is 0 Å². The Hall–Kier alpha value is -1.59. The van der Waals surface area contributed by atoms with Crippen molar-refractivity contribution in [2.45, 2.75) is 52.5 Å². The molecule has 3 N–H and O–H groups in total. The molecule has 0 aliphatic carbocycles. The maximum absolute atomic E-state index is 12.2. The van der Waals surface area contributed by atoms with Crippen molar-refractivity contribution in [2.75, 3.05) is 18.4 Å². The lowest BCUT2D eigenvalue weighted by Gasteiger charge is -2.22. The molecule has 0 spiro atoms. The summed E-state index contributed by atoms with van der Waals surface area (Å²) in [6.07, 6.45) is 3.82. The van der Waals surface area contributed by atoms with Gasteiger partial charge in [0.2, 0.25) is 5.91 Å². The molecule has 1 aromatic rings. The first-order valence-electron chi connectivity index (χ1n) is 8.88. The topological polar surface area (TPSA) is 70.2 Å². The third kappa shape index (κ3) is 7.04. The van der Waals surface area contributed by atoms with E-state index < -0.39 is 0 Å². The Kier molecular flexibility index (Phi) is 8.93. The first kappa shape index (κ1) is 21.5. The van der Waals surface area contributed by atoms with Crippen LogP contribution in [0, 0.1) is 12.8 Å². The zero-order valence-electron chi connectivity index (χ0n) is 15.4. The number of aryl methyl sites for hydroxylation is 1. The van der Waals surface area contributed by atoms with Crippen molar-refractivity contribution in [1.29, 1.82) is 0 Å². The Morgan fingerprint density at radius 1 is 1.24 bits per heavy atom. The average Bonchev–Trinajstić information content (AvgIpc) is 2.55. The van der Waals surface area contributed by atoms with Crippen LogP contribution in [0.1, 0.15) is 55.5 Å². The van der Waals surface area contributed by atoms with Gasteiger partial charge in [-0.05, 0) is 82.8 Å². The van der Waals surface area contributed by atoms with Gasteiger partial charge < -0.3 is 16.0 Å². The molecule has 1 saturated heterocycles. The molecule has 1 aromatic carbocycles. The van der Waals surface area contributed by atoms with Gasteiger partial charge in [-0.1, -0.05) is 0 Å². The number of carbonyl (C=O) groups excluding carboxylic acids is 2. The molecule has 1 aliphatic rings. The average molecular weight is 368 g/mol. The highest BCUT2D eigenvalue weighted by Crippen LogP contribution is 2.20. The molecule has 2 amide bonds. The third-order valence-electron chi connectivity index (χ3n) is 4.42. The lowest BCUT2D eigenvalue weighted by Crippen LogP contribution is -2.30. The van der Waals surface area contributed by atoms with Gasteiger partial charge in [0.05, 0.1) is 0 Å². The highest BCUT2D eigenvalue weighted by atomic mass is 35.5. The molecule has 0 aromatic heterocycles. The quantitative estimate of drug-likeness (QED) is 0.722. The molecule has 6 heteroatoms. The molecular weight excluding hydrogens is 338 g/mol. The van der Waals surface area contributed by atoms with E-state index in [1.54, 1.807) is 6.07 Å². The maximum Gasteiger partial charge on any atom is 0.251 e. The van der Waals surface area contributed by atoms with Gasteiger partial charge in [-0.15, -0.1) is 12.4 Å². The van der Waals surface area contributed by atoms with Crippen LogP contribution >= 0.6 is 12.4 Å². The summed E-state index contributed by atoms with van der Waals surface area (Å²) in [5.41, 5.74) is 2.31. The molecule has 0 saturated carbocycles.